The highest BCUT2D eigenvalue weighted by molar-refractivity contribution is 6.04. The summed E-state index contributed by atoms with van der Waals surface area (Å²) in [6.07, 6.45) is 0. The van der Waals surface area contributed by atoms with Crippen molar-refractivity contribution >= 4 is 17.5 Å². The lowest BCUT2D eigenvalue weighted by molar-refractivity contribution is 0.0988. The van der Waals surface area contributed by atoms with Crippen molar-refractivity contribution in [2.45, 2.75) is 6.92 Å². The predicted molar refractivity (Wildman–Crippen MR) is 93.0 cm³/mol. The van der Waals surface area contributed by atoms with Gasteiger partial charge in [0.2, 0.25) is 5.95 Å². The lowest BCUT2D eigenvalue weighted by atomic mass is 10.2. The molecule has 0 bridgehead atoms. The molecule has 6 nitrogen and oxygen atoms in total. The fraction of sp³-hybridized carbons (Fsp3) is 0.353. The molecule has 0 atom stereocenters. The van der Waals surface area contributed by atoms with E-state index in [9.17, 15) is 4.79 Å². The van der Waals surface area contributed by atoms with Crippen LogP contribution >= 0.6 is 0 Å². The number of nitrogens with zero attached hydrogens (tertiary/aromatic N) is 4. The van der Waals surface area contributed by atoms with Crippen molar-refractivity contribution in [1.29, 1.82) is 0 Å². The Morgan fingerprint density at radius 1 is 1.13 bits per heavy atom. The molecule has 0 spiro atoms. The normalized spacial score (nSPS) is 10.7. The summed E-state index contributed by atoms with van der Waals surface area (Å²) in [6, 6.07) is 11.2. The van der Waals surface area contributed by atoms with Gasteiger partial charge in [-0.3, -0.25) is 4.79 Å². The molecule has 0 radical (unpaired) electrons. The van der Waals surface area contributed by atoms with Crippen molar-refractivity contribution in [2.24, 2.45) is 0 Å². The second-order valence-electron chi connectivity index (χ2n) is 5.65. The summed E-state index contributed by atoms with van der Waals surface area (Å²) < 4.78 is 0. The van der Waals surface area contributed by atoms with Crippen LogP contribution in [0.4, 0.5) is 11.6 Å². The topological polar surface area (TPSA) is 61.4 Å². The fourth-order valence-electron chi connectivity index (χ4n) is 2.09. The van der Waals surface area contributed by atoms with Gasteiger partial charge in [-0.25, -0.2) is 9.97 Å². The number of carbonyl (C=O) groups is 1. The number of nitrogens with one attached hydrogen (secondary N) is 1. The molecule has 0 saturated carbocycles. The molecule has 23 heavy (non-hydrogen) atoms. The van der Waals surface area contributed by atoms with Gasteiger partial charge in [-0.15, -0.1) is 0 Å². The largest absolute Gasteiger partial charge is 0.353 e. The number of aromatic nitrogens is 2. The van der Waals surface area contributed by atoms with Crippen LogP contribution in [0.1, 0.15) is 16.2 Å². The molecular weight excluding hydrogens is 290 g/mol. The first kappa shape index (κ1) is 16.9. The van der Waals surface area contributed by atoms with E-state index in [0.29, 0.717) is 11.6 Å². The van der Waals surface area contributed by atoms with Gasteiger partial charge in [-0.1, -0.05) is 18.2 Å². The minimum atomic E-state index is -0.155. The molecular formula is C17H23N5O. The van der Waals surface area contributed by atoms with E-state index in [1.54, 1.807) is 18.0 Å². The molecule has 1 aromatic carbocycles. The van der Waals surface area contributed by atoms with Crippen molar-refractivity contribution in [2.75, 3.05) is 44.4 Å². The summed E-state index contributed by atoms with van der Waals surface area (Å²) in [5.41, 5.74) is 1.98. The first-order valence-electron chi connectivity index (χ1n) is 7.55. The van der Waals surface area contributed by atoms with Gasteiger partial charge in [0.05, 0.1) is 0 Å². The van der Waals surface area contributed by atoms with Gasteiger partial charge in [0, 0.05) is 31.5 Å². The zero-order valence-corrected chi connectivity index (χ0v) is 14.1. The van der Waals surface area contributed by atoms with Crippen LogP contribution < -0.4 is 10.2 Å². The summed E-state index contributed by atoms with van der Waals surface area (Å²) >= 11 is 0. The quantitative estimate of drug-likeness (QED) is 0.884. The first-order valence-corrected chi connectivity index (χ1v) is 7.55. The maximum atomic E-state index is 12.6. The molecule has 0 aliphatic heterocycles. The van der Waals surface area contributed by atoms with E-state index < -0.39 is 0 Å². The molecule has 0 saturated heterocycles. The third-order valence-corrected chi connectivity index (χ3v) is 3.36. The van der Waals surface area contributed by atoms with Gasteiger partial charge in [-0.05, 0) is 39.2 Å². The lowest BCUT2D eigenvalue weighted by Gasteiger charge is -2.17. The van der Waals surface area contributed by atoms with Crippen LogP contribution in [0.5, 0.6) is 0 Å². The van der Waals surface area contributed by atoms with E-state index in [2.05, 4.69) is 20.2 Å². The number of hydrogen-bond acceptors (Lipinski definition) is 5. The Bertz CT molecular complexity index is 657. The van der Waals surface area contributed by atoms with Crippen LogP contribution in [0.2, 0.25) is 0 Å². The van der Waals surface area contributed by atoms with Crippen LogP contribution in [0.25, 0.3) is 0 Å². The van der Waals surface area contributed by atoms with E-state index in [0.717, 1.165) is 24.5 Å². The molecule has 6 heteroatoms. The van der Waals surface area contributed by atoms with E-state index in [4.69, 9.17) is 0 Å². The number of carbonyl (C=O) groups excluding carboxylic acids is 1. The van der Waals surface area contributed by atoms with Crippen LogP contribution in [-0.4, -0.2) is 55.0 Å². The van der Waals surface area contributed by atoms with Crippen molar-refractivity contribution in [3.63, 3.8) is 0 Å². The standard InChI is InChI=1S/C17H23N5O/c1-13-12-15(20-17(19-13)18-10-11-21(2)3)16(23)22(4)14-8-6-5-7-9-14/h5-9,12H,10-11H2,1-4H3,(H,18,19,20). The van der Waals surface area contributed by atoms with Crippen LogP contribution in [0.3, 0.4) is 0 Å². The Labute approximate surface area is 137 Å². The molecule has 0 aliphatic carbocycles. The average molecular weight is 313 g/mol. The Kier molecular flexibility index (Phi) is 5.65. The third kappa shape index (κ3) is 4.75. The number of benzene rings is 1. The van der Waals surface area contributed by atoms with Gasteiger partial charge in [0.1, 0.15) is 5.69 Å². The molecule has 0 unspecified atom stereocenters. The Hall–Kier alpha value is -2.47. The Morgan fingerprint density at radius 2 is 1.83 bits per heavy atom. The molecule has 1 amide bonds. The van der Waals surface area contributed by atoms with Crippen molar-refractivity contribution in [3.05, 3.63) is 47.8 Å². The highest BCUT2D eigenvalue weighted by Crippen LogP contribution is 2.15. The second kappa shape index (κ2) is 7.69. The Balaban J connectivity index is 2.15. The lowest BCUT2D eigenvalue weighted by Crippen LogP contribution is -2.28. The Morgan fingerprint density at radius 3 is 2.48 bits per heavy atom. The van der Waals surface area contributed by atoms with Crippen LogP contribution in [-0.2, 0) is 0 Å². The van der Waals surface area contributed by atoms with Crippen molar-refractivity contribution in [3.8, 4) is 0 Å². The maximum absolute atomic E-state index is 12.6. The van der Waals surface area contributed by atoms with Gasteiger partial charge in [0.25, 0.3) is 5.91 Å². The molecule has 1 heterocycles. The van der Waals surface area contributed by atoms with Crippen molar-refractivity contribution in [1.82, 2.24) is 14.9 Å². The number of para-hydroxylation sites is 1. The van der Waals surface area contributed by atoms with E-state index in [1.807, 2.05) is 51.4 Å². The van der Waals surface area contributed by atoms with Crippen LogP contribution in [0.15, 0.2) is 36.4 Å². The summed E-state index contributed by atoms with van der Waals surface area (Å²) in [6.45, 7) is 3.45. The van der Waals surface area contributed by atoms with Crippen molar-refractivity contribution < 1.29 is 4.79 Å². The number of hydrogen-bond donors (Lipinski definition) is 1. The molecule has 0 fully saturated rings. The second-order valence-corrected chi connectivity index (χ2v) is 5.65. The molecule has 122 valence electrons. The number of anilines is 2. The smallest absolute Gasteiger partial charge is 0.276 e. The average Bonchev–Trinajstić information content (AvgIpc) is 2.53. The highest BCUT2D eigenvalue weighted by Gasteiger charge is 2.16. The van der Waals surface area contributed by atoms with Gasteiger partial charge in [0.15, 0.2) is 0 Å². The molecule has 2 aromatic rings. The molecule has 1 N–H and O–H groups in total. The minimum Gasteiger partial charge on any atom is -0.353 e. The number of aryl methyl sites for hydroxylation is 1. The minimum absolute atomic E-state index is 0.155. The number of likely N-dealkylation sites (N-methyl/N-ethyl adjacent to an activating group) is 1. The molecule has 2 rings (SSSR count). The maximum Gasteiger partial charge on any atom is 0.276 e. The number of rotatable bonds is 6. The third-order valence-electron chi connectivity index (χ3n) is 3.36. The van der Waals surface area contributed by atoms with E-state index >= 15 is 0 Å². The van der Waals surface area contributed by atoms with Gasteiger partial charge in [-0.2, -0.15) is 0 Å². The monoisotopic (exact) mass is 313 g/mol. The SMILES string of the molecule is Cc1cc(C(=O)N(C)c2ccccc2)nc(NCCN(C)C)n1. The summed E-state index contributed by atoms with van der Waals surface area (Å²) in [5.74, 6) is 0.328. The highest BCUT2D eigenvalue weighted by atomic mass is 16.2. The molecule has 1 aromatic heterocycles. The summed E-state index contributed by atoms with van der Waals surface area (Å²) in [7, 11) is 5.75. The summed E-state index contributed by atoms with van der Waals surface area (Å²) in [4.78, 5) is 25.0. The van der Waals surface area contributed by atoms with Gasteiger partial charge >= 0.3 is 0 Å². The first-order chi connectivity index (χ1) is 11.0. The number of amides is 1. The van der Waals surface area contributed by atoms with E-state index in [-0.39, 0.29) is 5.91 Å². The van der Waals surface area contributed by atoms with Crippen LogP contribution in [0, 0.1) is 6.92 Å². The zero-order chi connectivity index (χ0) is 16.8. The fourth-order valence-corrected chi connectivity index (χ4v) is 2.09. The van der Waals surface area contributed by atoms with Gasteiger partial charge < -0.3 is 15.1 Å². The van der Waals surface area contributed by atoms with E-state index in [1.165, 1.54) is 0 Å². The zero-order valence-electron chi connectivity index (χ0n) is 14.1. The molecule has 0 aliphatic rings. The summed E-state index contributed by atoms with van der Waals surface area (Å²) in [5, 5.41) is 3.16. The predicted octanol–water partition coefficient (Wildman–Crippen LogP) is 2.04.